The van der Waals surface area contributed by atoms with Gasteiger partial charge in [0.1, 0.15) is 18.0 Å². The third-order valence-electron chi connectivity index (χ3n) is 7.36. The molecular weight excluding hydrogens is 620 g/mol. The number of thiocarbonyl (C=S) groups is 1. The first-order valence-electron chi connectivity index (χ1n) is 13.7. The average molecular weight is 654 g/mol. The Labute approximate surface area is 259 Å². The van der Waals surface area contributed by atoms with E-state index in [1.54, 1.807) is 30.3 Å². The minimum atomic E-state index is -0.500. The van der Waals surface area contributed by atoms with E-state index in [1.807, 2.05) is 26.8 Å². The summed E-state index contributed by atoms with van der Waals surface area (Å²) in [5, 5.41) is 0.206. The molecule has 3 aromatic rings. The lowest BCUT2D eigenvalue weighted by Gasteiger charge is -2.30. The van der Waals surface area contributed by atoms with Gasteiger partial charge in [-0.25, -0.2) is 0 Å². The Morgan fingerprint density at radius 1 is 1.07 bits per heavy atom. The number of ether oxygens (including phenoxy) is 3. The first-order valence-corrected chi connectivity index (χ1v) is 14.9. The second kappa shape index (κ2) is 12.7. The maximum Gasteiger partial charge on any atom is 0.325 e. The molecule has 1 aromatic heterocycles. The molecule has 0 saturated carbocycles. The normalized spacial score (nSPS) is 16.5. The lowest BCUT2D eigenvalue weighted by molar-refractivity contribution is -0.140. The van der Waals surface area contributed by atoms with E-state index >= 15 is 0 Å². The lowest BCUT2D eigenvalue weighted by atomic mass is 10.2. The number of methoxy groups -OCH3 is 1. The lowest BCUT2D eigenvalue weighted by Crippen LogP contribution is -2.36. The standard InChI is InChI=1S/C31H33BrN4O5S/c1-5-41-25-9-6-23(7-10-25)36-30(38)28(34(31(36)42)19-29(37)39-4)17-22-16-20(2)35(21(22)3)24-8-11-27(26(32)18-24)33-12-14-40-15-13-33/h6-11,16-18H,5,12-15,19H2,1-4H3/b28-17-. The molecule has 9 nitrogen and oxygen atoms in total. The van der Waals surface area contributed by atoms with Crippen LogP contribution in [0.15, 0.2) is 58.7 Å². The molecule has 2 aromatic carbocycles. The van der Waals surface area contributed by atoms with E-state index in [0.29, 0.717) is 37.0 Å². The third kappa shape index (κ3) is 5.81. The van der Waals surface area contributed by atoms with Gasteiger partial charge in [0.15, 0.2) is 5.11 Å². The Bertz CT molecular complexity index is 1550. The highest BCUT2D eigenvalue weighted by Crippen LogP contribution is 2.34. The van der Waals surface area contributed by atoms with Gasteiger partial charge >= 0.3 is 5.97 Å². The van der Waals surface area contributed by atoms with Gasteiger partial charge in [-0.05, 0) is 109 Å². The molecule has 0 aliphatic carbocycles. The van der Waals surface area contributed by atoms with Crippen molar-refractivity contribution in [2.75, 3.05) is 56.4 Å². The largest absolute Gasteiger partial charge is 0.494 e. The Kier molecular flexibility index (Phi) is 9.00. The van der Waals surface area contributed by atoms with E-state index in [4.69, 9.17) is 26.4 Å². The first-order chi connectivity index (χ1) is 20.2. The number of carbonyl (C=O) groups excluding carboxylic acids is 2. The predicted octanol–water partition coefficient (Wildman–Crippen LogP) is 5.24. The van der Waals surface area contributed by atoms with Crippen LogP contribution in [-0.2, 0) is 19.1 Å². The van der Waals surface area contributed by atoms with Crippen LogP contribution in [0.5, 0.6) is 5.75 Å². The van der Waals surface area contributed by atoms with Crippen molar-refractivity contribution in [1.29, 1.82) is 0 Å². The van der Waals surface area contributed by atoms with Crippen LogP contribution in [0.3, 0.4) is 0 Å². The molecule has 11 heteroatoms. The van der Waals surface area contributed by atoms with E-state index in [0.717, 1.165) is 45.9 Å². The fourth-order valence-electron chi connectivity index (χ4n) is 5.29. The van der Waals surface area contributed by atoms with E-state index < -0.39 is 5.97 Å². The van der Waals surface area contributed by atoms with Crippen LogP contribution < -0.4 is 14.5 Å². The van der Waals surface area contributed by atoms with Crippen LogP contribution in [0.1, 0.15) is 23.9 Å². The third-order valence-corrected chi connectivity index (χ3v) is 8.40. The minimum Gasteiger partial charge on any atom is -0.494 e. The van der Waals surface area contributed by atoms with Crippen molar-refractivity contribution in [3.05, 3.63) is 75.7 Å². The van der Waals surface area contributed by atoms with Crippen LogP contribution in [0.25, 0.3) is 11.8 Å². The SMILES string of the molecule is CCOc1ccc(N2C(=O)/C(=C/c3cc(C)n(-c4ccc(N5CCOCC5)c(Br)c4)c3C)N(CC(=O)OC)C2=S)cc1. The zero-order valence-electron chi connectivity index (χ0n) is 24.1. The van der Waals surface area contributed by atoms with Gasteiger partial charge < -0.3 is 28.6 Å². The summed E-state index contributed by atoms with van der Waals surface area (Å²) in [6, 6.07) is 15.5. The number of aryl methyl sites for hydroxylation is 1. The molecule has 0 atom stereocenters. The molecule has 0 radical (unpaired) electrons. The number of anilines is 2. The molecule has 2 aliphatic rings. The molecule has 2 fully saturated rings. The summed E-state index contributed by atoms with van der Waals surface area (Å²) in [5.74, 6) is -0.131. The Hall–Kier alpha value is -3.67. The van der Waals surface area contributed by atoms with Crippen molar-refractivity contribution < 1.29 is 23.8 Å². The highest BCUT2D eigenvalue weighted by molar-refractivity contribution is 9.10. The van der Waals surface area contributed by atoms with Gasteiger partial charge in [0.05, 0.1) is 38.3 Å². The van der Waals surface area contributed by atoms with Crippen molar-refractivity contribution in [3.63, 3.8) is 0 Å². The monoisotopic (exact) mass is 652 g/mol. The highest BCUT2D eigenvalue weighted by Gasteiger charge is 2.40. The van der Waals surface area contributed by atoms with Gasteiger partial charge in [0, 0.05) is 34.6 Å². The zero-order chi connectivity index (χ0) is 30.0. The molecule has 0 spiro atoms. The number of halogens is 1. The van der Waals surface area contributed by atoms with Crippen molar-refractivity contribution in [1.82, 2.24) is 9.47 Å². The van der Waals surface area contributed by atoms with E-state index in [9.17, 15) is 9.59 Å². The van der Waals surface area contributed by atoms with E-state index in [1.165, 1.54) is 16.9 Å². The number of nitrogens with zero attached hydrogens (tertiary/aromatic N) is 4. The molecule has 0 bridgehead atoms. The van der Waals surface area contributed by atoms with Gasteiger partial charge in [0.2, 0.25) is 0 Å². The molecule has 0 unspecified atom stereocenters. The smallest absolute Gasteiger partial charge is 0.325 e. The molecular formula is C31H33BrN4O5S. The molecule has 2 saturated heterocycles. The highest BCUT2D eigenvalue weighted by atomic mass is 79.9. The summed E-state index contributed by atoms with van der Waals surface area (Å²) < 4.78 is 19.1. The number of hydrogen-bond acceptors (Lipinski definition) is 7. The maximum absolute atomic E-state index is 13.8. The second-order valence-electron chi connectivity index (χ2n) is 9.94. The summed E-state index contributed by atoms with van der Waals surface area (Å²) in [7, 11) is 1.31. The molecule has 220 valence electrons. The van der Waals surface area contributed by atoms with Gasteiger partial charge in [-0.3, -0.25) is 14.5 Å². The average Bonchev–Trinajstić information content (AvgIpc) is 3.39. The van der Waals surface area contributed by atoms with E-state index in [2.05, 4.69) is 43.6 Å². The number of aromatic nitrogens is 1. The number of benzene rings is 2. The van der Waals surface area contributed by atoms with Crippen LogP contribution in [-0.4, -0.2) is 73.0 Å². The predicted molar refractivity (Wildman–Crippen MR) is 170 cm³/mol. The fraction of sp³-hybridized carbons (Fsp3) is 0.323. The summed E-state index contributed by atoms with van der Waals surface area (Å²) >= 11 is 9.48. The number of amides is 1. The van der Waals surface area contributed by atoms with Crippen molar-refractivity contribution in [3.8, 4) is 11.4 Å². The number of hydrogen-bond donors (Lipinski definition) is 0. The molecule has 0 N–H and O–H groups in total. The van der Waals surface area contributed by atoms with E-state index in [-0.39, 0.29) is 17.6 Å². The van der Waals surface area contributed by atoms with Crippen molar-refractivity contribution >= 4 is 62.6 Å². The molecule has 1 amide bonds. The summed E-state index contributed by atoms with van der Waals surface area (Å²) in [5.41, 5.74) is 5.80. The van der Waals surface area contributed by atoms with Crippen LogP contribution in [0.4, 0.5) is 11.4 Å². The Balaban J connectivity index is 1.50. The quantitative estimate of drug-likeness (QED) is 0.186. The fourth-order valence-corrected chi connectivity index (χ4v) is 6.26. The van der Waals surface area contributed by atoms with Gasteiger partial charge in [-0.15, -0.1) is 0 Å². The topological polar surface area (TPSA) is 76.5 Å². The van der Waals surface area contributed by atoms with Gasteiger partial charge in [-0.2, -0.15) is 0 Å². The van der Waals surface area contributed by atoms with Gasteiger partial charge in [-0.1, -0.05) is 0 Å². The molecule has 2 aliphatic heterocycles. The second-order valence-corrected chi connectivity index (χ2v) is 11.2. The maximum atomic E-state index is 13.8. The zero-order valence-corrected chi connectivity index (χ0v) is 26.5. The van der Waals surface area contributed by atoms with Crippen LogP contribution in [0.2, 0.25) is 0 Å². The number of esters is 1. The molecule has 5 rings (SSSR count). The van der Waals surface area contributed by atoms with Crippen LogP contribution >= 0.6 is 28.1 Å². The summed E-state index contributed by atoms with van der Waals surface area (Å²) in [6.45, 7) is 9.42. The van der Waals surface area contributed by atoms with Crippen molar-refractivity contribution in [2.24, 2.45) is 0 Å². The molecule has 42 heavy (non-hydrogen) atoms. The Morgan fingerprint density at radius 3 is 2.40 bits per heavy atom. The number of morpholine rings is 1. The minimum absolute atomic E-state index is 0.185. The number of carbonyl (C=O) groups is 2. The van der Waals surface area contributed by atoms with Crippen LogP contribution in [0, 0.1) is 13.8 Å². The Morgan fingerprint density at radius 2 is 1.76 bits per heavy atom. The first kappa shape index (κ1) is 29.8. The van der Waals surface area contributed by atoms with Gasteiger partial charge in [0.25, 0.3) is 5.91 Å². The summed E-state index contributed by atoms with van der Waals surface area (Å²) in [4.78, 5) is 31.4. The van der Waals surface area contributed by atoms with Crippen molar-refractivity contribution in [2.45, 2.75) is 20.8 Å². The molecule has 3 heterocycles. The number of rotatable bonds is 8. The summed E-state index contributed by atoms with van der Waals surface area (Å²) in [6.07, 6.45) is 1.79.